The van der Waals surface area contributed by atoms with E-state index in [1.165, 1.54) is 6.07 Å². The van der Waals surface area contributed by atoms with Gasteiger partial charge >= 0.3 is 0 Å². The standard InChI is InChI=1S/C22H27FN6/c1-4-24-22(25-11-10-18-6-5-7-20(23)13-18)27-15-19-8-9-21(26-14-19)29-17(3)12-16(2)28-29/h5-9,12-14H,4,10-11,15H2,1-3H3,(H2,24,25,27). The van der Waals surface area contributed by atoms with Crippen molar-refractivity contribution >= 4 is 5.96 Å². The molecule has 0 fully saturated rings. The topological polar surface area (TPSA) is 67.1 Å². The first-order valence-electron chi connectivity index (χ1n) is 9.80. The fourth-order valence-corrected chi connectivity index (χ4v) is 3.03. The molecule has 0 aliphatic rings. The number of rotatable bonds is 7. The second-order valence-electron chi connectivity index (χ2n) is 6.87. The molecule has 0 atom stereocenters. The van der Waals surface area contributed by atoms with Gasteiger partial charge in [0.15, 0.2) is 11.8 Å². The summed E-state index contributed by atoms with van der Waals surface area (Å²) in [7, 11) is 0. The molecule has 7 heteroatoms. The molecule has 2 N–H and O–H groups in total. The minimum absolute atomic E-state index is 0.209. The number of hydrogen-bond donors (Lipinski definition) is 2. The summed E-state index contributed by atoms with van der Waals surface area (Å²) in [4.78, 5) is 9.13. The first-order chi connectivity index (χ1) is 14.0. The molecule has 2 heterocycles. The molecule has 0 aliphatic heterocycles. The minimum Gasteiger partial charge on any atom is -0.357 e. The van der Waals surface area contributed by atoms with Gasteiger partial charge in [0.05, 0.1) is 12.2 Å². The van der Waals surface area contributed by atoms with Gasteiger partial charge in [0.2, 0.25) is 0 Å². The van der Waals surface area contributed by atoms with Crippen LogP contribution in [0.15, 0.2) is 53.7 Å². The average molecular weight is 394 g/mol. The monoisotopic (exact) mass is 394 g/mol. The largest absolute Gasteiger partial charge is 0.357 e. The third-order valence-electron chi connectivity index (χ3n) is 4.39. The highest BCUT2D eigenvalue weighted by atomic mass is 19.1. The summed E-state index contributed by atoms with van der Waals surface area (Å²) in [6.07, 6.45) is 2.55. The molecule has 1 aromatic carbocycles. The van der Waals surface area contributed by atoms with Gasteiger partial charge in [0.1, 0.15) is 5.82 Å². The quantitative estimate of drug-likeness (QED) is 0.477. The highest BCUT2D eigenvalue weighted by molar-refractivity contribution is 5.79. The first-order valence-corrected chi connectivity index (χ1v) is 9.80. The van der Waals surface area contributed by atoms with Crippen molar-refractivity contribution in [2.75, 3.05) is 13.1 Å². The Bertz CT molecular complexity index is 962. The molecule has 0 saturated carbocycles. The van der Waals surface area contributed by atoms with E-state index in [1.54, 1.807) is 12.1 Å². The predicted molar refractivity (Wildman–Crippen MR) is 114 cm³/mol. The Morgan fingerprint density at radius 3 is 2.62 bits per heavy atom. The fraction of sp³-hybridized carbons (Fsp3) is 0.318. The number of pyridine rings is 1. The number of halogens is 1. The van der Waals surface area contributed by atoms with Crippen molar-refractivity contribution in [1.82, 2.24) is 25.4 Å². The molecular weight excluding hydrogens is 367 g/mol. The lowest BCUT2D eigenvalue weighted by Crippen LogP contribution is -2.38. The zero-order valence-corrected chi connectivity index (χ0v) is 17.1. The lowest BCUT2D eigenvalue weighted by molar-refractivity contribution is 0.625. The Hall–Kier alpha value is -3.22. The van der Waals surface area contributed by atoms with E-state index in [-0.39, 0.29) is 5.82 Å². The van der Waals surface area contributed by atoms with Crippen molar-refractivity contribution in [1.29, 1.82) is 0 Å². The number of nitrogens with one attached hydrogen (secondary N) is 2. The lowest BCUT2D eigenvalue weighted by atomic mass is 10.1. The summed E-state index contributed by atoms with van der Waals surface area (Å²) in [6, 6.07) is 12.7. The molecular formula is C22H27FN6. The normalized spacial score (nSPS) is 11.5. The van der Waals surface area contributed by atoms with E-state index in [0.29, 0.717) is 13.1 Å². The predicted octanol–water partition coefficient (Wildman–Crippen LogP) is 3.32. The summed E-state index contributed by atoms with van der Waals surface area (Å²) in [5, 5.41) is 11.0. The van der Waals surface area contributed by atoms with E-state index in [9.17, 15) is 4.39 Å². The van der Waals surface area contributed by atoms with Crippen molar-refractivity contribution in [3.63, 3.8) is 0 Å². The van der Waals surface area contributed by atoms with Crippen LogP contribution in [0.4, 0.5) is 4.39 Å². The summed E-state index contributed by atoms with van der Waals surface area (Å²) >= 11 is 0. The van der Waals surface area contributed by atoms with Crippen LogP contribution >= 0.6 is 0 Å². The van der Waals surface area contributed by atoms with Crippen molar-refractivity contribution in [2.24, 2.45) is 4.99 Å². The molecule has 3 aromatic rings. The molecule has 152 valence electrons. The number of guanidine groups is 1. The van der Waals surface area contributed by atoms with Crippen LogP contribution in [0.25, 0.3) is 5.82 Å². The van der Waals surface area contributed by atoms with Gasteiger partial charge in [-0.1, -0.05) is 18.2 Å². The lowest BCUT2D eigenvalue weighted by Gasteiger charge is -2.11. The molecule has 0 spiro atoms. The zero-order chi connectivity index (χ0) is 20.6. The van der Waals surface area contributed by atoms with Crippen LogP contribution in [0.3, 0.4) is 0 Å². The molecule has 0 aliphatic carbocycles. The van der Waals surface area contributed by atoms with E-state index in [0.717, 1.165) is 47.3 Å². The maximum absolute atomic E-state index is 13.3. The Balaban J connectivity index is 1.58. The summed E-state index contributed by atoms with van der Waals surface area (Å²) in [6.45, 7) is 7.95. The average Bonchev–Trinajstić information content (AvgIpc) is 3.04. The van der Waals surface area contributed by atoms with Gasteiger partial charge in [0.25, 0.3) is 0 Å². The fourth-order valence-electron chi connectivity index (χ4n) is 3.03. The first kappa shape index (κ1) is 20.5. The van der Waals surface area contributed by atoms with E-state index < -0.39 is 0 Å². The Kier molecular flexibility index (Phi) is 6.94. The van der Waals surface area contributed by atoms with Crippen LogP contribution in [-0.4, -0.2) is 33.8 Å². The molecule has 0 amide bonds. The van der Waals surface area contributed by atoms with Crippen molar-refractivity contribution in [3.05, 3.63) is 77.0 Å². The van der Waals surface area contributed by atoms with Gasteiger partial charge in [-0.15, -0.1) is 0 Å². The maximum atomic E-state index is 13.3. The van der Waals surface area contributed by atoms with Crippen molar-refractivity contribution < 1.29 is 4.39 Å². The van der Waals surface area contributed by atoms with Gasteiger partial charge in [-0.2, -0.15) is 5.10 Å². The van der Waals surface area contributed by atoms with Gasteiger partial charge < -0.3 is 10.6 Å². The molecule has 0 unspecified atom stereocenters. The number of aliphatic imine (C=N–C) groups is 1. The summed E-state index contributed by atoms with van der Waals surface area (Å²) < 4.78 is 15.1. The number of hydrogen-bond acceptors (Lipinski definition) is 3. The Labute approximate surface area is 170 Å². The van der Waals surface area contributed by atoms with Crippen LogP contribution in [0.5, 0.6) is 0 Å². The number of nitrogens with zero attached hydrogens (tertiary/aromatic N) is 4. The molecule has 29 heavy (non-hydrogen) atoms. The molecule has 0 saturated heterocycles. The highest BCUT2D eigenvalue weighted by Crippen LogP contribution is 2.10. The molecule has 0 bridgehead atoms. The van der Waals surface area contributed by atoms with E-state index in [1.807, 2.05) is 55.9 Å². The van der Waals surface area contributed by atoms with Crippen molar-refractivity contribution in [2.45, 2.75) is 33.7 Å². The number of benzene rings is 1. The van der Waals surface area contributed by atoms with Gasteiger partial charge in [-0.3, -0.25) is 0 Å². The third kappa shape index (κ3) is 5.88. The highest BCUT2D eigenvalue weighted by Gasteiger charge is 2.05. The van der Waals surface area contributed by atoms with Gasteiger partial charge in [-0.05, 0) is 62.6 Å². The second kappa shape index (κ2) is 9.82. The van der Waals surface area contributed by atoms with E-state index in [2.05, 4.69) is 25.7 Å². The minimum atomic E-state index is -0.209. The van der Waals surface area contributed by atoms with Crippen LogP contribution < -0.4 is 10.6 Å². The zero-order valence-electron chi connectivity index (χ0n) is 17.1. The maximum Gasteiger partial charge on any atom is 0.191 e. The van der Waals surface area contributed by atoms with Crippen LogP contribution in [0.1, 0.15) is 29.4 Å². The molecule has 2 aromatic heterocycles. The van der Waals surface area contributed by atoms with Crippen LogP contribution in [-0.2, 0) is 13.0 Å². The molecule has 0 radical (unpaired) electrons. The Morgan fingerprint density at radius 1 is 1.10 bits per heavy atom. The Morgan fingerprint density at radius 2 is 1.97 bits per heavy atom. The number of aromatic nitrogens is 3. The van der Waals surface area contributed by atoms with Crippen molar-refractivity contribution in [3.8, 4) is 5.82 Å². The molecule has 3 rings (SSSR count). The third-order valence-corrected chi connectivity index (χ3v) is 4.39. The second-order valence-corrected chi connectivity index (χ2v) is 6.87. The molecule has 6 nitrogen and oxygen atoms in total. The van der Waals surface area contributed by atoms with E-state index in [4.69, 9.17) is 0 Å². The van der Waals surface area contributed by atoms with Gasteiger partial charge in [0, 0.05) is 25.0 Å². The summed E-state index contributed by atoms with van der Waals surface area (Å²) in [5.41, 5.74) is 3.99. The SMILES string of the molecule is CCNC(=NCc1ccc(-n2nc(C)cc2C)nc1)NCCc1cccc(F)c1. The summed E-state index contributed by atoms with van der Waals surface area (Å²) in [5.74, 6) is 1.31. The van der Waals surface area contributed by atoms with Gasteiger partial charge in [-0.25, -0.2) is 19.0 Å². The number of aryl methyl sites for hydroxylation is 2. The van der Waals surface area contributed by atoms with Crippen LogP contribution in [0.2, 0.25) is 0 Å². The van der Waals surface area contributed by atoms with E-state index >= 15 is 0 Å². The smallest absolute Gasteiger partial charge is 0.191 e. The van der Waals surface area contributed by atoms with Crippen LogP contribution in [0, 0.1) is 19.7 Å².